The molecule has 0 saturated carbocycles. The van der Waals surface area contributed by atoms with Crippen LogP contribution in [0.5, 0.6) is 0 Å². The molecule has 7 heteroatoms. The number of hydrogen-bond acceptors (Lipinski definition) is 4. The number of nitrogens with zero attached hydrogens (tertiary/aromatic N) is 1. The number of primary amides is 1. The van der Waals surface area contributed by atoms with Gasteiger partial charge in [0, 0.05) is 23.2 Å². The van der Waals surface area contributed by atoms with Crippen molar-refractivity contribution in [3.63, 3.8) is 0 Å². The maximum atomic E-state index is 12.3. The molecule has 0 spiro atoms. The van der Waals surface area contributed by atoms with Gasteiger partial charge < -0.3 is 20.7 Å². The number of carbonyl (C=O) groups excluding carboxylic acids is 2. The van der Waals surface area contributed by atoms with Gasteiger partial charge in [0.25, 0.3) is 5.91 Å². The zero-order valence-electron chi connectivity index (χ0n) is 12.5. The summed E-state index contributed by atoms with van der Waals surface area (Å²) in [5, 5.41) is 3.00. The molecule has 0 bridgehead atoms. The van der Waals surface area contributed by atoms with Crippen LogP contribution in [-0.2, 0) is 9.53 Å². The average molecular weight is 370 g/mol. The smallest absolute Gasteiger partial charge is 0.250 e. The zero-order valence-corrected chi connectivity index (χ0v) is 14.1. The molecule has 3 N–H and O–H groups in total. The minimum Gasteiger partial charge on any atom is -0.376 e. The number of nitrogens with one attached hydrogen (secondary N) is 1. The number of nitrogens with two attached hydrogens (primary N) is 1. The van der Waals surface area contributed by atoms with Crippen molar-refractivity contribution in [2.24, 2.45) is 5.73 Å². The Hall–Kier alpha value is -1.60. The van der Waals surface area contributed by atoms with E-state index < -0.39 is 5.91 Å². The van der Waals surface area contributed by atoms with E-state index in [-0.39, 0.29) is 18.6 Å². The fraction of sp³-hybridized carbons (Fsp3) is 0.467. The highest BCUT2D eigenvalue weighted by Crippen LogP contribution is 2.20. The second-order valence-electron chi connectivity index (χ2n) is 5.15. The molecule has 1 unspecified atom stereocenters. The van der Waals surface area contributed by atoms with Gasteiger partial charge in [0.15, 0.2) is 0 Å². The predicted octanol–water partition coefficient (Wildman–Crippen LogP) is 1.60. The Morgan fingerprint density at radius 3 is 2.95 bits per heavy atom. The van der Waals surface area contributed by atoms with Gasteiger partial charge in [-0.1, -0.05) is 22.9 Å². The fourth-order valence-electron chi connectivity index (χ4n) is 2.35. The molecule has 120 valence electrons. The van der Waals surface area contributed by atoms with Crippen molar-refractivity contribution in [3.05, 3.63) is 28.2 Å². The van der Waals surface area contributed by atoms with Gasteiger partial charge in [0.1, 0.15) is 0 Å². The number of carbonyl (C=O) groups is 2. The second kappa shape index (κ2) is 7.60. The Balaban J connectivity index is 1.98. The lowest BCUT2D eigenvalue weighted by atomic mass is 10.1. The second-order valence-corrected chi connectivity index (χ2v) is 6.06. The van der Waals surface area contributed by atoms with Crippen LogP contribution in [0, 0.1) is 0 Å². The summed E-state index contributed by atoms with van der Waals surface area (Å²) < 4.78 is 6.31. The molecule has 0 aromatic heterocycles. The van der Waals surface area contributed by atoms with E-state index in [0.29, 0.717) is 30.9 Å². The van der Waals surface area contributed by atoms with Gasteiger partial charge in [-0.2, -0.15) is 0 Å². The van der Waals surface area contributed by atoms with Gasteiger partial charge >= 0.3 is 0 Å². The predicted molar refractivity (Wildman–Crippen MR) is 87.8 cm³/mol. The summed E-state index contributed by atoms with van der Waals surface area (Å²) >= 11 is 3.30. The molecule has 1 fully saturated rings. The van der Waals surface area contributed by atoms with Crippen LogP contribution in [0.25, 0.3) is 0 Å². The highest BCUT2D eigenvalue weighted by atomic mass is 79.9. The SMILES string of the molecule is CCC1CN(C(=O)CNc2ccc(Br)cc2C(N)=O)CCO1. The molecule has 22 heavy (non-hydrogen) atoms. The van der Waals surface area contributed by atoms with Crippen LogP contribution in [0.1, 0.15) is 23.7 Å². The number of hydrogen-bond donors (Lipinski definition) is 2. The topological polar surface area (TPSA) is 84.7 Å². The summed E-state index contributed by atoms with van der Waals surface area (Å²) in [6.07, 6.45) is 0.988. The monoisotopic (exact) mass is 369 g/mol. The first kappa shape index (κ1) is 16.8. The van der Waals surface area contributed by atoms with Gasteiger partial charge in [0.05, 0.1) is 24.8 Å². The third-order valence-electron chi connectivity index (χ3n) is 3.62. The number of rotatable bonds is 5. The van der Waals surface area contributed by atoms with Crippen molar-refractivity contribution < 1.29 is 14.3 Å². The maximum absolute atomic E-state index is 12.3. The third kappa shape index (κ3) is 4.20. The summed E-state index contributed by atoms with van der Waals surface area (Å²) in [7, 11) is 0. The molecule has 2 amide bonds. The van der Waals surface area contributed by atoms with E-state index >= 15 is 0 Å². The number of anilines is 1. The minimum atomic E-state index is -0.534. The number of ether oxygens (including phenoxy) is 1. The Morgan fingerprint density at radius 2 is 2.27 bits per heavy atom. The van der Waals surface area contributed by atoms with Crippen molar-refractivity contribution in [3.8, 4) is 0 Å². The molecular weight excluding hydrogens is 350 g/mol. The van der Waals surface area contributed by atoms with Gasteiger partial charge in [0.2, 0.25) is 5.91 Å². The Labute approximate surface area is 138 Å². The first-order chi connectivity index (χ1) is 10.5. The summed E-state index contributed by atoms with van der Waals surface area (Å²) in [6.45, 7) is 3.94. The Bertz CT molecular complexity index is 565. The van der Waals surface area contributed by atoms with Crippen molar-refractivity contribution >= 4 is 33.4 Å². The van der Waals surface area contributed by atoms with Gasteiger partial charge in [-0.25, -0.2) is 0 Å². The third-order valence-corrected chi connectivity index (χ3v) is 4.12. The Kier molecular flexibility index (Phi) is 5.79. The molecule has 6 nitrogen and oxygen atoms in total. The summed E-state index contributed by atoms with van der Waals surface area (Å²) in [5.41, 5.74) is 6.27. The number of halogens is 1. The molecule has 1 aromatic rings. The van der Waals surface area contributed by atoms with Gasteiger partial charge in [-0.05, 0) is 24.6 Å². The van der Waals surface area contributed by atoms with Crippen LogP contribution in [0.4, 0.5) is 5.69 Å². The summed E-state index contributed by atoms with van der Waals surface area (Å²) in [5.74, 6) is -0.547. The molecule has 0 aliphatic carbocycles. The van der Waals surface area contributed by atoms with Gasteiger partial charge in [-0.15, -0.1) is 0 Å². The minimum absolute atomic E-state index is 0.0138. The Morgan fingerprint density at radius 1 is 1.50 bits per heavy atom. The number of benzene rings is 1. The lowest BCUT2D eigenvalue weighted by Crippen LogP contribution is -2.47. The van der Waals surface area contributed by atoms with Crippen LogP contribution < -0.4 is 11.1 Å². The van der Waals surface area contributed by atoms with E-state index in [0.717, 1.165) is 10.9 Å². The molecule has 1 heterocycles. The number of morpholine rings is 1. The number of amides is 2. The maximum Gasteiger partial charge on any atom is 0.250 e. The lowest BCUT2D eigenvalue weighted by Gasteiger charge is -2.32. The van der Waals surface area contributed by atoms with E-state index in [1.807, 2.05) is 6.92 Å². The average Bonchev–Trinajstić information content (AvgIpc) is 2.53. The van der Waals surface area contributed by atoms with Gasteiger partial charge in [-0.3, -0.25) is 9.59 Å². The van der Waals surface area contributed by atoms with Crippen LogP contribution >= 0.6 is 15.9 Å². The molecule has 1 saturated heterocycles. The first-order valence-corrected chi connectivity index (χ1v) is 8.03. The zero-order chi connectivity index (χ0) is 16.1. The molecule has 2 rings (SSSR count). The first-order valence-electron chi connectivity index (χ1n) is 7.24. The van der Waals surface area contributed by atoms with Crippen LogP contribution in [0.2, 0.25) is 0 Å². The van der Waals surface area contributed by atoms with E-state index in [9.17, 15) is 9.59 Å². The highest BCUT2D eigenvalue weighted by molar-refractivity contribution is 9.10. The quantitative estimate of drug-likeness (QED) is 0.825. The molecule has 1 aromatic carbocycles. The van der Waals surface area contributed by atoms with Crippen LogP contribution in [0.3, 0.4) is 0 Å². The van der Waals surface area contributed by atoms with Crippen molar-refractivity contribution in [2.75, 3.05) is 31.6 Å². The summed E-state index contributed by atoms with van der Waals surface area (Å²) in [4.78, 5) is 25.5. The van der Waals surface area contributed by atoms with E-state index in [1.165, 1.54) is 0 Å². The van der Waals surface area contributed by atoms with E-state index in [4.69, 9.17) is 10.5 Å². The molecule has 1 aliphatic heterocycles. The van der Waals surface area contributed by atoms with E-state index in [2.05, 4.69) is 21.2 Å². The molecular formula is C15H20BrN3O3. The molecule has 1 aliphatic rings. The normalized spacial score (nSPS) is 18.1. The van der Waals surface area contributed by atoms with E-state index in [1.54, 1.807) is 23.1 Å². The highest BCUT2D eigenvalue weighted by Gasteiger charge is 2.23. The standard InChI is InChI=1S/C15H20BrN3O3/c1-2-11-9-19(5-6-22-11)14(20)8-18-13-4-3-10(16)7-12(13)15(17)21/h3-4,7,11,18H,2,5-6,8-9H2,1H3,(H2,17,21). The fourth-order valence-corrected chi connectivity index (χ4v) is 2.71. The lowest BCUT2D eigenvalue weighted by molar-refractivity contribution is -0.136. The largest absolute Gasteiger partial charge is 0.376 e. The van der Waals surface area contributed by atoms with Crippen molar-refractivity contribution in [2.45, 2.75) is 19.4 Å². The van der Waals surface area contributed by atoms with Crippen LogP contribution in [0.15, 0.2) is 22.7 Å². The molecule has 0 radical (unpaired) electrons. The molecule has 1 atom stereocenters. The van der Waals surface area contributed by atoms with Crippen molar-refractivity contribution in [1.29, 1.82) is 0 Å². The van der Waals surface area contributed by atoms with Crippen molar-refractivity contribution in [1.82, 2.24) is 4.90 Å². The van der Waals surface area contributed by atoms with Crippen LogP contribution in [-0.4, -0.2) is 49.1 Å². The summed E-state index contributed by atoms with van der Waals surface area (Å²) in [6, 6.07) is 5.16.